The van der Waals surface area contributed by atoms with Crippen molar-refractivity contribution in [2.45, 2.75) is 13.3 Å². The van der Waals surface area contributed by atoms with Crippen LogP contribution < -0.4 is 10.3 Å². The fraction of sp³-hybridized carbons (Fsp3) is 0.167. The molecule has 0 saturated heterocycles. The zero-order chi connectivity index (χ0) is 13.8. The summed E-state index contributed by atoms with van der Waals surface area (Å²) in [6.07, 6.45) is 1.94. The molecule has 0 aliphatic carbocycles. The lowest BCUT2D eigenvalue weighted by atomic mass is 10.2. The lowest BCUT2D eigenvalue weighted by Gasteiger charge is -2.04. The molecular weight excluding hydrogens is 250 g/mol. The third kappa shape index (κ3) is 2.76. The van der Waals surface area contributed by atoms with Crippen LogP contribution in [0.3, 0.4) is 0 Å². The predicted molar refractivity (Wildman–Crippen MR) is 67.4 cm³/mol. The van der Waals surface area contributed by atoms with E-state index in [1.165, 1.54) is 0 Å². The van der Waals surface area contributed by atoms with E-state index in [2.05, 4.69) is 9.97 Å². The molecule has 1 aromatic heterocycles. The number of rotatable bonds is 4. The summed E-state index contributed by atoms with van der Waals surface area (Å²) in [7, 11) is 0. The standard InChI is InChI=1S/C12H11N3O4/c1-2-8-3-5-9(6-4-8)19-12-10(15(17)18)11(16)13-7-14-12/h3-7H,2H2,1H3,(H,13,14,16). The monoisotopic (exact) mass is 261 g/mol. The van der Waals surface area contributed by atoms with E-state index in [1.807, 2.05) is 19.1 Å². The van der Waals surface area contributed by atoms with Gasteiger partial charge in [-0.25, -0.2) is 0 Å². The molecule has 7 nitrogen and oxygen atoms in total. The van der Waals surface area contributed by atoms with Crippen LogP contribution in [0.5, 0.6) is 11.6 Å². The second-order valence-electron chi connectivity index (χ2n) is 3.74. The summed E-state index contributed by atoms with van der Waals surface area (Å²) in [6.45, 7) is 2.01. The van der Waals surface area contributed by atoms with Gasteiger partial charge in [0.15, 0.2) is 0 Å². The van der Waals surface area contributed by atoms with Crippen molar-refractivity contribution < 1.29 is 9.66 Å². The molecule has 7 heteroatoms. The van der Waals surface area contributed by atoms with Gasteiger partial charge in [0.05, 0.1) is 11.3 Å². The predicted octanol–water partition coefficient (Wildman–Crippen LogP) is 2.03. The number of aromatic nitrogens is 2. The van der Waals surface area contributed by atoms with Crippen LogP contribution in [0.4, 0.5) is 5.69 Å². The van der Waals surface area contributed by atoms with Gasteiger partial charge in [-0.2, -0.15) is 4.98 Å². The number of aromatic amines is 1. The zero-order valence-electron chi connectivity index (χ0n) is 10.1. The number of hydrogen-bond donors (Lipinski definition) is 1. The number of aryl methyl sites for hydroxylation is 1. The minimum absolute atomic E-state index is 0.321. The summed E-state index contributed by atoms with van der Waals surface area (Å²) in [5.41, 5.74) is -0.442. The highest BCUT2D eigenvalue weighted by Crippen LogP contribution is 2.25. The van der Waals surface area contributed by atoms with Gasteiger partial charge in [-0.3, -0.25) is 14.9 Å². The number of ether oxygens (including phenoxy) is 1. The van der Waals surface area contributed by atoms with E-state index in [1.54, 1.807) is 12.1 Å². The van der Waals surface area contributed by atoms with Gasteiger partial charge in [0.25, 0.3) is 0 Å². The van der Waals surface area contributed by atoms with Crippen LogP contribution in [0.2, 0.25) is 0 Å². The molecule has 0 radical (unpaired) electrons. The summed E-state index contributed by atoms with van der Waals surface area (Å²) >= 11 is 0. The summed E-state index contributed by atoms with van der Waals surface area (Å²) in [4.78, 5) is 27.2. The molecule has 0 bridgehead atoms. The van der Waals surface area contributed by atoms with Gasteiger partial charge in [0, 0.05) is 0 Å². The first-order valence-corrected chi connectivity index (χ1v) is 5.60. The fourth-order valence-electron chi connectivity index (χ4n) is 1.52. The molecule has 2 rings (SSSR count). The van der Waals surface area contributed by atoms with Crippen LogP contribution in [0, 0.1) is 10.1 Å². The Balaban J connectivity index is 2.35. The Morgan fingerprint density at radius 3 is 2.63 bits per heavy atom. The second kappa shape index (κ2) is 5.30. The molecule has 1 heterocycles. The van der Waals surface area contributed by atoms with Crippen molar-refractivity contribution in [1.82, 2.24) is 9.97 Å². The zero-order valence-corrected chi connectivity index (χ0v) is 10.1. The molecule has 0 aliphatic rings. The first-order chi connectivity index (χ1) is 9.11. The van der Waals surface area contributed by atoms with Gasteiger partial charge in [0.2, 0.25) is 0 Å². The summed E-state index contributed by atoms with van der Waals surface area (Å²) < 4.78 is 5.28. The number of hydrogen-bond acceptors (Lipinski definition) is 5. The van der Waals surface area contributed by atoms with Crippen molar-refractivity contribution in [3.63, 3.8) is 0 Å². The van der Waals surface area contributed by atoms with E-state index < -0.39 is 16.2 Å². The minimum Gasteiger partial charge on any atom is -0.433 e. The number of nitrogens with zero attached hydrogens (tertiary/aromatic N) is 2. The Kier molecular flexibility index (Phi) is 3.56. The van der Waals surface area contributed by atoms with E-state index in [9.17, 15) is 14.9 Å². The van der Waals surface area contributed by atoms with E-state index in [0.29, 0.717) is 5.75 Å². The van der Waals surface area contributed by atoms with Crippen LogP contribution in [0.1, 0.15) is 12.5 Å². The largest absolute Gasteiger partial charge is 0.433 e. The third-order valence-electron chi connectivity index (χ3n) is 2.52. The first-order valence-electron chi connectivity index (χ1n) is 5.60. The molecule has 0 amide bonds. The maximum absolute atomic E-state index is 11.4. The summed E-state index contributed by atoms with van der Waals surface area (Å²) in [5.74, 6) is 0.0661. The molecule has 0 spiro atoms. The first kappa shape index (κ1) is 12.7. The van der Waals surface area contributed by atoms with E-state index in [0.717, 1.165) is 18.3 Å². The van der Waals surface area contributed by atoms with E-state index >= 15 is 0 Å². The topological polar surface area (TPSA) is 98.1 Å². The molecule has 19 heavy (non-hydrogen) atoms. The van der Waals surface area contributed by atoms with Gasteiger partial charge >= 0.3 is 17.1 Å². The molecular formula is C12H11N3O4. The van der Waals surface area contributed by atoms with Gasteiger partial charge in [-0.05, 0) is 24.1 Å². The molecule has 0 aliphatic heterocycles. The number of nitrogens with one attached hydrogen (secondary N) is 1. The second-order valence-corrected chi connectivity index (χ2v) is 3.74. The van der Waals surface area contributed by atoms with Crippen LogP contribution in [-0.2, 0) is 6.42 Å². The SMILES string of the molecule is CCc1ccc(Oc2nc[nH]c(=O)c2[N+](=O)[O-])cc1. The molecule has 1 N–H and O–H groups in total. The highest BCUT2D eigenvalue weighted by Gasteiger charge is 2.22. The van der Waals surface area contributed by atoms with Crippen molar-refractivity contribution in [2.24, 2.45) is 0 Å². The Morgan fingerprint density at radius 2 is 2.05 bits per heavy atom. The Hall–Kier alpha value is -2.70. The lowest BCUT2D eigenvalue weighted by Crippen LogP contribution is -2.13. The molecule has 1 aromatic carbocycles. The number of nitro groups is 1. The quantitative estimate of drug-likeness (QED) is 0.670. The van der Waals surface area contributed by atoms with Gasteiger partial charge < -0.3 is 9.72 Å². The van der Waals surface area contributed by atoms with Gasteiger partial charge in [-0.15, -0.1) is 0 Å². The van der Waals surface area contributed by atoms with E-state index in [4.69, 9.17) is 4.74 Å². The maximum Gasteiger partial charge on any atom is 0.395 e. The Labute approximate surface area is 108 Å². The number of benzene rings is 1. The van der Waals surface area contributed by atoms with Crippen LogP contribution in [0.25, 0.3) is 0 Å². The van der Waals surface area contributed by atoms with Gasteiger partial charge in [-0.1, -0.05) is 19.1 Å². The Morgan fingerprint density at radius 1 is 1.37 bits per heavy atom. The summed E-state index contributed by atoms with van der Waals surface area (Å²) in [6, 6.07) is 7.03. The third-order valence-corrected chi connectivity index (χ3v) is 2.52. The minimum atomic E-state index is -0.847. The van der Waals surface area contributed by atoms with Crippen molar-refractivity contribution in [3.8, 4) is 11.6 Å². The van der Waals surface area contributed by atoms with E-state index in [-0.39, 0.29) is 5.88 Å². The molecule has 0 atom stereocenters. The van der Waals surface area contributed by atoms with Crippen molar-refractivity contribution in [1.29, 1.82) is 0 Å². The van der Waals surface area contributed by atoms with Crippen LogP contribution >= 0.6 is 0 Å². The van der Waals surface area contributed by atoms with Crippen LogP contribution in [-0.4, -0.2) is 14.9 Å². The highest BCUT2D eigenvalue weighted by atomic mass is 16.6. The number of H-pyrrole nitrogens is 1. The highest BCUT2D eigenvalue weighted by molar-refractivity contribution is 5.41. The molecule has 0 saturated carbocycles. The van der Waals surface area contributed by atoms with Crippen LogP contribution in [0.15, 0.2) is 35.4 Å². The molecule has 0 unspecified atom stereocenters. The summed E-state index contributed by atoms with van der Waals surface area (Å²) in [5, 5.41) is 10.8. The fourth-order valence-corrected chi connectivity index (χ4v) is 1.52. The average molecular weight is 261 g/mol. The smallest absolute Gasteiger partial charge is 0.395 e. The maximum atomic E-state index is 11.4. The molecule has 2 aromatic rings. The van der Waals surface area contributed by atoms with Gasteiger partial charge in [0.1, 0.15) is 5.75 Å². The van der Waals surface area contributed by atoms with Crippen molar-refractivity contribution >= 4 is 5.69 Å². The van der Waals surface area contributed by atoms with Crippen molar-refractivity contribution in [2.75, 3.05) is 0 Å². The normalized spacial score (nSPS) is 10.2. The molecule has 0 fully saturated rings. The average Bonchev–Trinajstić information content (AvgIpc) is 2.39. The lowest BCUT2D eigenvalue weighted by molar-refractivity contribution is -0.387. The molecule has 98 valence electrons. The Bertz CT molecular complexity index is 649. The van der Waals surface area contributed by atoms with Crippen molar-refractivity contribution in [3.05, 3.63) is 56.6 Å².